The molecule has 2 heteroatoms. The van der Waals surface area contributed by atoms with Gasteiger partial charge in [-0.1, -0.05) is 19.3 Å². The van der Waals surface area contributed by atoms with E-state index >= 15 is 0 Å². The van der Waals surface area contributed by atoms with Crippen LogP contribution in [0.4, 0.5) is 0 Å². The van der Waals surface area contributed by atoms with Crippen molar-refractivity contribution < 1.29 is 4.79 Å². The van der Waals surface area contributed by atoms with Crippen LogP contribution in [0, 0.1) is 16.7 Å². The fraction of sp³-hybridized carbons (Fsp3) is 0.778. The van der Waals surface area contributed by atoms with Crippen molar-refractivity contribution in [2.24, 2.45) is 5.41 Å². The highest BCUT2D eigenvalue weighted by molar-refractivity contribution is 5.53. The highest BCUT2D eigenvalue weighted by Gasteiger charge is 2.31. The summed E-state index contributed by atoms with van der Waals surface area (Å²) in [6.07, 6.45) is 7.34. The zero-order chi connectivity index (χ0) is 8.16. The minimum absolute atomic E-state index is 0.309. The van der Waals surface area contributed by atoms with Gasteiger partial charge in [0.15, 0.2) is 6.29 Å². The Morgan fingerprint density at radius 3 is 2.36 bits per heavy atom. The van der Waals surface area contributed by atoms with Gasteiger partial charge in [0, 0.05) is 6.42 Å². The highest BCUT2D eigenvalue weighted by Crippen LogP contribution is 2.37. The number of hydrogen-bond donors (Lipinski definition) is 0. The fourth-order valence-corrected chi connectivity index (χ4v) is 1.69. The quantitative estimate of drug-likeness (QED) is 0.603. The molecule has 1 rings (SSSR count). The van der Waals surface area contributed by atoms with Crippen LogP contribution in [0.25, 0.3) is 0 Å². The van der Waals surface area contributed by atoms with E-state index in [1.54, 1.807) is 0 Å². The molecule has 1 aliphatic carbocycles. The highest BCUT2D eigenvalue weighted by atomic mass is 16.1. The lowest BCUT2D eigenvalue weighted by molar-refractivity contribution is 0.274. The van der Waals surface area contributed by atoms with E-state index in [0.29, 0.717) is 6.42 Å². The van der Waals surface area contributed by atoms with Gasteiger partial charge >= 0.3 is 0 Å². The van der Waals surface area contributed by atoms with Crippen LogP contribution in [0.5, 0.6) is 0 Å². The summed E-state index contributed by atoms with van der Waals surface area (Å²) in [4.78, 5) is 10.2. The molecule has 1 fully saturated rings. The van der Waals surface area contributed by atoms with Crippen LogP contribution in [0.15, 0.2) is 0 Å². The van der Waals surface area contributed by atoms with Crippen molar-refractivity contribution in [1.29, 1.82) is 5.26 Å². The Balaban J connectivity index is 2.58. The first-order valence-electron chi connectivity index (χ1n) is 4.09. The van der Waals surface area contributed by atoms with Crippen molar-refractivity contribution in [3.8, 4) is 6.07 Å². The van der Waals surface area contributed by atoms with Crippen LogP contribution < -0.4 is 0 Å². The van der Waals surface area contributed by atoms with Gasteiger partial charge in [0.1, 0.15) is 0 Å². The molecule has 0 spiro atoms. The molecule has 0 atom stereocenters. The van der Waals surface area contributed by atoms with Gasteiger partial charge < -0.3 is 0 Å². The Labute approximate surface area is 67.2 Å². The summed E-state index contributed by atoms with van der Waals surface area (Å²) in [5.74, 6) is 0. The Hall–Kier alpha value is -0.840. The van der Waals surface area contributed by atoms with Crippen LogP contribution in [0.2, 0.25) is 0 Å². The van der Waals surface area contributed by atoms with Gasteiger partial charge in [-0.15, -0.1) is 0 Å². The SMILES string of the molecule is N#CC1(C[C]=O)CCCCC1. The first-order chi connectivity index (χ1) is 5.33. The number of nitriles is 1. The lowest BCUT2D eigenvalue weighted by Crippen LogP contribution is -2.22. The Kier molecular flexibility index (Phi) is 2.64. The van der Waals surface area contributed by atoms with Crippen molar-refractivity contribution in [2.75, 3.05) is 0 Å². The van der Waals surface area contributed by atoms with Crippen molar-refractivity contribution in [2.45, 2.75) is 38.5 Å². The maximum absolute atomic E-state index is 10.2. The smallest absolute Gasteiger partial charge is 0.200 e. The summed E-state index contributed by atoms with van der Waals surface area (Å²) >= 11 is 0. The molecule has 0 bridgehead atoms. The monoisotopic (exact) mass is 150 g/mol. The molecular weight excluding hydrogens is 138 g/mol. The minimum atomic E-state index is -0.347. The number of carbonyl (C=O) groups excluding carboxylic acids is 1. The summed E-state index contributed by atoms with van der Waals surface area (Å²) in [6.45, 7) is 0. The number of rotatable bonds is 2. The minimum Gasteiger partial charge on any atom is -0.291 e. The predicted octanol–water partition coefficient (Wildman–Crippen LogP) is 1.96. The lowest BCUT2D eigenvalue weighted by atomic mass is 9.73. The molecule has 2 nitrogen and oxygen atoms in total. The van der Waals surface area contributed by atoms with E-state index in [9.17, 15) is 4.79 Å². The van der Waals surface area contributed by atoms with Crippen LogP contribution in [-0.4, -0.2) is 6.29 Å². The zero-order valence-electron chi connectivity index (χ0n) is 6.60. The molecule has 0 heterocycles. The summed E-state index contributed by atoms with van der Waals surface area (Å²) in [7, 11) is 0. The second-order valence-corrected chi connectivity index (χ2v) is 3.27. The molecule has 0 aliphatic heterocycles. The summed E-state index contributed by atoms with van der Waals surface area (Å²) in [5, 5.41) is 8.84. The maximum Gasteiger partial charge on any atom is 0.200 e. The molecule has 0 aromatic carbocycles. The topological polar surface area (TPSA) is 40.9 Å². The number of hydrogen-bond acceptors (Lipinski definition) is 2. The molecular formula is C9H12NO. The van der Waals surface area contributed by atoms with E-state index in [4.69, 9.17) is 5.26 Å². The maximum atomic E-state index is 10.2. The van der Waals surface area contributed by atoms with Crippen molar-refractivity contribution >= 4 is 6.29 Å². The second-order valence-electron chi connectivity index (χ2n) is 3.27. The normalized spacial score (nSPS) is 22.1. The largest absolute Gasteiger partial charge is 0.291 e. The predicted molar refractivity (Wildman–Crippen MR) is 41.4 cm³/mol. The number of nitrogens with zero attached hydrogens (tertiary/aromatic N) is 1. The summed E-state index contributed by atoms with van der Waals surface area (Å²) in [5.41, 5.74) is -0.347. The summed E-state index contributed by atoms with van der Waals surface area (Å²) in [6, 6.07) is 2.26. The van der Waals surface area contributed by atoms with Gasteiger partial charge in [0.2, 0.25) is 0 Å². The van der Waals surface area contributed by atoms with E-state index in [2.05, 4.69) is 6.07 Å². The third kappa shape index (κ3) is 1.80. The van der Waals surface area contributed by atoms with Gasteiger partial charge in [-0.05, 0) is 12.8 Å². The molecule has 0 N–H and O–H groups in total. The van der Waals surface area contributed by atoms with E-state index < -0.39 is 0 Å². The van der Waals surface area contributed by atoms with Gasteiger partial charge in [-0.3, -0.25) is 4.79 Å². The summed E-state index contributed by atoms with van der Waals surface area (Å²) < 4.78 is 0. The van der Waals surface area contributed by atoms with E-state index in [0.717, 1.165) is 25.7 Å². The van der Waals surface area contributed by atoms with Crippen LogP contribution >= 0.6 is 0 Å². The van der Waals surface area contributed by atoms with Crippen LogP contribution in [0.3, 0.4) is 0 Å². The molecule has 1 aliphatic rings. The molecule has 11 heavy (non-hydrogen) atoms. The van der Waals surface area contributed by atoms with E-state index in [1.807, 2.05) is 6.29 Å². The average Bonchev–Trinajstić information content (AvgIpc) is 2.07. The molecule has 0 amide bonds. The second kappa shape index (κ2) is 3.52. The zero-order valence-corrected chi connectivity index (χ0v) is 6.60. The Morgan fingerprint density at radius 1 is 1.27 bits per heavy atom. The van der Waals surface area contributed by atoms with Crippen molar-refractivity contribution in [3.63, 3.8) is 0 Å². The van der Waals surface area contributed by atoms with Crippen molar-refractivity contribution in [1.82, 2.24) is 0 Å². The first kappa shape index (κ1) is 8.26. The van der Waals surface area contributed by atoms with Crippen LogP contribution in [0.1, 0.15) is 38.5 Å². The lowest BCUT2D eigenvalue weighted by Gasteiger charge is -2.27. The van der Waals surface area contributed by atoms with Crippen LogP contribution in [-0.2, 0) is 4.79 Å². The van der Waals surface area contributed by atoms with Crippen molar-refractivity contribution in [3.05, 3.63) is 0 Å². The molecule has 1 radical (unpaired) electrons. The van der Waals surface area contributed by atoms with Gasteiger partial charge in [-0.2, -0.15) is 5.26 Å². The molecule has 0 unspecified atom stereocenters. The molecule has 59 valence electrons. The Morgan fingerprint density at radius 2 is 1.91 bits per heavy atom. The standard InChI is InChI=1S/C9H12NO/c10-8-9(6-7-11)4-2-1-3-5-9/h1-6H2. The third-order valence-electron chi connectivity index (χ3n) is 2.46. The van der Waals surface area contributed by atoms with Gasteiger partial charge in [0.05, 0.1) is 11.5 Å². The average molecular weight is 150 g/mol. The molecule has 0 aromatic heterocycles. The molecule has 1 saturated carbocycles. The molecule has 0 saturated heterocycles. The first-order valence-corrected chi connectivity index (χ1v) is 4.09. The fourth-order valence-electron chi connectivity index (χ4n) is 1.69. The van der Waals surface area contributed by atoms with Gasteiger partial charge in [0.25, 0.3) is 0 Å². The van der Waals surface area contributed by atoms with Gasteiger partial charge in [-0.25, -0.2) is 0 Å². The molecule has 0 aromatic rings. The third-order valence-corrected chi connectivity index (χ3v) is 2.46. The Bertz CT molecular complexity index is 174. The van der Waals surface area contributed by atoms with E-state index in [-0.39, 0.29) is 5.41 Å². The van der Waals surface area contributed by atoms with E-state index in [1.165, 1.54) is 6.42 Å².